The largest absolute Gasteiger partial charge is 0.491 e. The molecular formula is C26H28N2O5S. The zero-order valence-electron chi connectivity index (χ0n) is 19.4. The molecule has 0 aliphatic carbocycles. The molecule has 34 heavy (non-hydrogen) atoms. The Bertz CT molecular complexity index is 1410. The van der Waals surface area contributed by atoms with Gasteiger partial charge in [0.25, 0.3) is 0 Å². The number of hydrogen-bond acceptors (Lipinski definition) is 5. The second-order valence-electron chi connectivity index (χ2n) is 8.46. The Labute approximate surface area is 199 Å². The van der Waals surface area contributed by atoms with E-state index in [1.807, 2.05) is 50.2 Å². The van der Waals surface area contributed by atoms with Crippen LogP contribution < -0.4 is 14.4 Å². The van der Waals surface area contributed by atoms with Gasteiger partial charge in [0, 0.05) is 35.5 Å². The van der Waals surface area contributed by atoms with Crippen LogP contribution in [0.15, 0.2) is 71.1 Å². The third-order valence-corrected chi connectivity index (χ3v) is 6.52. The highest BCUT2D eigenvalue weighted by Gasteiger charge is 2.18. The normalized spacial score (nSPS) is 11.8. The number of sulfonamides is 1. The van der Waals surface area contributed by atoms with Crippen molar-refractivity contribution in [2.75, 3.05) is 22.4 Å². The lowest BCUT2D eigenvalue weighted by molar-refractivity contribution is -0.116. The number of rotatable bonds is 9. The number of benzene rings is 3. The van der Waals surface area contributed by atoms with E-state index in [9.17, 15) is 13.2 Å². The topological polar surface area (TPSA) is 88.8 Å². The predicted octanol–water partition coefficient (Wildman–Crippen LogP) is 5.56. The van der Waals surface area contributed by atoms with E-state index in [4.69, 9.17) is 9.15 Å². The van der Waals surface area contributed by atoms with Crippen molar-refractivity contribution >= 4 is 49.2 Å². The first-order valence-corrected chi connectivity index (χ1v) is 13.0. The lowest BCUT2D eigenvalue weighted by Crippen LogP contribution is -2.31. The minimum atomic E-state index is -3.50. The van der Waals surface area contributed by atoms with Gasteiger partial charge >= 0.3 is 0 Å². The number of anilines is 2. The van der Waals surface area contributed by atoms with Crippen LogP contribution in [0.3, 0.4) is 0 Å². The van der Waals surface area contributed by atoms with Gasteiger partial charge in [-0.2, -0.15) is 0 Å². The molecule has 3 aromatic carbocycles. The number of carbonyl (C=O) groups excluding carboxylic acids is 1. The molecule has 0 fully saturated rings. The van der Waals surface area contributed by atoms with E-state index >= 15 is 0 Å². The molecule has 7 nitrogen and oxygen atoms in total. The van der Waals surface area contributed by atoms with Crippen molar-refractivity contribution < 1.29 is 22.4 Å². The maximum atomic E-state index is 12.5. The highest BCUT2D eigenvalue weighted by molar-refractivity contribution is 7.92. The monoisotopic (exact) mass is 480 g/mol. The van der Waals surface area contributed by atoms with Gasteiger partial charge in [-0.15, -0.1) is 0 Å². The molecule has 1 amide bonds. The van der Waals surface area contributed by atoms with Crippen molar-refractivity contribution in [3.8, 4) is 5.75 Å². The SMILES string of the molecule is CC(C)Oc1ccc(N(CCCC(=O)Nc2ccc3c(c2)oc2ccccc23)S(C)(=O)=O)cc1. The lowest BCUT2D eigenvalue weighted by Gasteiger charge is -2.22. The first-order chi connectivity index (χ1) is 16.2. The molecule has 0 bridgehead atoms. The molecule has 8 heteroatoms. The molecule has 1 aromatic heterocycles. The fraction of sp³-hybridized carbons (Fsp3) is 0.269. The van der Waals surface area contributed by atoms with E-state index in [-0.39, 0.29) is 25.0 Å². The van der Waals surface area contributed by atoms with Gasteiger partial charge in [0.1, 0.15) is 16.9 Å². The number of carbonyl (C=O) groups is 1. The predicted molar refractivity (Wildman–Crippen MR) is 136 cm³/mol. The van der Waals surface area contributed by atoms with E-state index in [2.05, 4.69) is 5.32 Å². The fourth-order valence-corrected chi connectivity index (χ4v) is 4.83. The maximum Gasteiger partial charge on any atom is 0.232 e. The zero-order valence-corrected chi connectivity index (χ0v) is 20.3. The van der Waals surface area contributed by atoms with Crippen molar-refractivity contribution in [2.45, 2.75) is 32.8 Å². The van der Waals surface area contributed by atoms with Crippen LogP contribution in [-0.4, -0.2) is 33.2 Å². The van der Waals surface area contributed by atoms with Crippen LogP contribution in [0.1, 0.15) is 26.7 Å². The van der Waals surface area contributed by atoms with Gasteiger partial charge in [0.15, 0.2) is 0 Å². The van der Waals surface area contributed by atoms with E-state index in [0.717, 1.165) is 22.6 Å². The number of ether oxygens (including phenoxy) is 1. The molecule has 0 radical (unpaired) electrons. The summed E-state index contributed by atoms with van der Waals surface area (Å²) in [5, 5.41) is 4.89. The molecule has 0 saturated carbocycles. The fourth-order valence-electron chi connectivity index (χ4n) is 3.86. The lowest BCUT2D eigenvalue weighted by atomic mass is 10.1. The molecule has 0 spiro atoms. The van der Waals surface area contributed by atoms with Gasteiger partial charge in [0.2, 0.25) is 15.9 Å². The number of para-hydroxylation sites is 1. The van der Waals surface area contributed by atoms with Crippen molar-refractivity contribution in [3.63, 3.8) is 0 Å². The highest BCUT2D eigenvalue weighted by Crippen LogP contribution is 2.30. The van der Waals surface area contributed by atoms with Crippen molar-refractivity contribution in [1.29, 1.82) is 0 Å². The molecule has 178 valence electrons. The van der Waals surface area contributed by atoms with Crippen LogP contribution in [0, 0.1) is 0 Å². The van der Waals surface area contributed by atoms with Crippen LogP contribution in [0.4, 0.5) is 11.4 Å². The Morgan fingerprint density at radius 2 is 1.71 bits per heavy atom. The Hall–Kier alpha value is -3.52. The van der Waals surface area contributed by atoms with E-state index < -0.39 is 10.0 Å². The van der Waals surface area contributed by atoms with Gasteiger partial charge in [-0.1, -0.05) is 18.2 Å². The molecule has 0 unspecified atom stereocenters. The van der Waals surface area contributed by atoms with Gasteiger partial charge in [-0.05, 0) is 62.7 Å². The number of amides is 1. The second kappa shape index (κ2) is 9.77. The summed E-state index contributed by atoms with van der Waals surface area (Å²) in [7, 11) is -3.50. The standard InChI is InChI=1S/C26H28N2O5S/c1-18(2)32-21-13-11-20(12-14-21)28(34(3,30)31)16-6-9-26(29)27-19-10-15-23-22-7-4-5-8-24(22)33-25(23)17-19/h4-5,7-8,10-15,17-18H,6,9,16H2,1-3H3,(H,27,29). The smallest absolute Gasteiger partial charge is 0.232 e. The Balaban J connectivity index is 1.38. The zero-order chi connectivity index (χ0) is 24.3. The maximum absolute atomic E-state index is 12.5. The number of fused-ring (bicyclic) bond motifs is 3. The Morgan fingerprint density at radius 3 is 2.41 bits per heavy atom. The summed E-state index contributed by atoms with van der Waals surface area (Å²) >= 11 is 0. The highest BCUT2D eigenvalue weighted by atomic mass is 32.2. The number of hydrogen-bond donors (Lipinski definition) is 1. The van der Waals surface area contributed by atoms with Crippen LogP contribution in [0.25, 0.3) is 21.9 Å². The van der Waals surface area contributed by atoms with Gasteiger partial charge in [-0.25, -0.2) is 8.42 Å². The second-order valence-corrected chi connectivity index (χ2v) is 10.4. The van der Waals surface area contributed by atoms with Crippen molar-refractivity contribution in [3.05, 3.63) is 66.7 Å². The van der Waals surface area contributed by atoms with Gasteiger partial charge < -0.3 is 14.5 Å². The van der Waals surface area contributed by atoms with Gasteiger partial charge in [0.05, 0.1) is 18.0 Å². The third kappa shape index (κ3) is 5.51. The summed E-state index contributed by atoms with van der Waals surface area (Å²) in [6.07, 6.45) is 1.74. The molecule has 1 N–H and O–H groups in total. The van der Waals surface area contributed by atoms with Crippen LogP contribution in [-0.2, 0) is 14.8 Å². The van der Waals surface area contributed by atoms with Crippen molar-refractivity contribution in [1.82, 2.24) is 0 Å². The van der Waals surface area contributed by atoms with Crippen LogP contribution >= 0.6 is 0 Å². The van der Waals surface area contributed by atoms with E-state index in [1.165, 1.54) is 4.31 Å². The molecule has 4 rings (SSSR count). The molecule has 0 saturated heterocycles. The first kappa shape index (κ1) is 23.6. The molecule has 0 aliphatic rings. The quantitative estimate of drug-likeness (QED) is 0.339. The Morgan fingerprint density at radius 1 is 1.00 bits per heavy atom. The molecular weight excluding hydrogens is 452 g/mol. The average molecular weight is 481 g/mol. The van der Waals surface area contributed by atoms with Crippen LogP contribution in [0.5, 0.6) is 5.75 Å². The number of furan rings is 1. The summed E-state index contributed by atoms with van der Waals surface area (Å²) in [6, 6.07) is 20.3. The van der Waals surface area contributed by atoms with Gasteiger partial charge in [-0.3, -0.25) is 9.10 Å². The van der Waals surface area contributed by atoms with Crippen molar-refractivity contribution in [2.24, 2.45) is 0 Å². The molecule has 0 aliphatic heterocycles. The average Bonchev–Trinajstić information content (AvgIpc) is 3.14. The summed E-state index contributed by atoms with van der Waals surface area (Å²) in [6.45, 7) is 4.05. The van der Waals surface area contributed by atoms with Crippen LogP contribution in [0.2, 0.25) is 0 Å². The number of nitrogens with zero attached hydrogens (tertiary/aromatic N) is 1. The third-order valence-electron chi connectivity index (χ3n) is 5.32. The molecule has 0 atom stereocenters. The minimum absolute atomic E-state index is 0.0305. The summed E-state index contributed by atoms with van der Waals surface area (Å²) in [4.78, 5) is 12.5. The summed E-state index contributed by atoms with van der Waals surface area (Å²) in [5.74, 6) is 0.484. The molecule has 1 heterocycles. The Kier molecular flexibility index (Phi) is 6.79. The minimum Gasteiger partial charge on any atom is -0.491 e. The summed E-state index contributed by atoms with van der Waals surface area (Å²) < 4.78 is 37.5. The number of nitrogens with one attached hydrogen (secondary N) is 1. The van der Waals surface area contributed by atoms with E-state index in [0.29, 0.717) is 29.1 Å². The van der Waals surface area contributed by atoms with E-state index in [1.54, 1.807) is 30.3 Å². The molecule has 4 aromatic rings. The first-order valence-electron chi connectivity index (χ1n) is 11.2. The summed E-state index contributed by atoms with van der Waals surface area (Å²) in [5.41, 5.74) is 2.67.